The second-order valence-electron chi connectivity index (χ2n) is 4.17. The third kappa shape index (κ3) is 1.63. The van der Waals surface area contributed by atoms with Crippen LogP contribution in [-0.4, -0.2) is 4.98 Å². The van der Waals surface area contributed by atoms with E-state index in [0.717, 1.165) is 22.9 Å². The van der Waals surface area contributed by atoms with E-state index in [1.807, 2.05) is 30.3 Å². The predicted octanol–water partition coefficient (Wildman–Crippen LogP) is 2.68. The van der Waals surface area contributed by atoms with Gasteiger partial charge in [-0.2, -0.15) is 0 Å². The number of benzene rings is 1. The molecule has 0 saturated heterocycles. The Hall–Kier alpha value is -1.61. The first-order valence-corrected chi connectivity index (χ1v) is 5.63. The molecule has 3 nitrogen and oxygen atoms in total. The Kier molecular flexibility index (Phi) is 2.26. The minimum absolute atomic E-state index is 0.407. The van der Waals surface area contributed by atoms with Crippen molar-refractivity contribution >= 4 is 0 Å². The average Bonchev–Trinajstić information content (AvgIpc) is 3.10. The molecule has 1 fully saturated rings. The van der Waals surface area contributed by atoms with Gasteiger partial charge in [0.2, 0.25) is 0 Å². The quantitative estimate of drug-likeness (QED) is 0.854. The molecule has 1 aromatic carbocycles. The SMILES string of the molecule is NCc1oc(C2CC2)nc1-c1ccccc1. The minimum Gasteiger partial charge on any atom is -0.443 e. The molecule has 0 aliphatic heterocycles. The minimum atomic E-state index is 0.407. The zero-order valence-electron chi connectivity index (χ0n) is 9.02. The lowest BCUT2D eigenvalue weighted by molar-refractivity contribution is 0.458. The van der Waals surface area contributed by atoms with Crippen LogP contribution in [0.4, 0.5) is 0 Å². The van der Waals surface area contributed by atoms with Gasteiger partial charge in [0.15, 0.2) is 5.89 Å². The van der Waals surface area contributed by atoms with Crippen molar-refractivity contribution in [1.82, 2.24) is 4.98 Å². The van der Waals surface area contributed by atoms with Gasteiger partial charge in [-0.25, -0.2) is 4.98 Å². The van der Waals surface area contributed by atoms with Gasteiger partial charge in [0, 0.05) is 11.5 Å². The molecule has 1 heterocycles. The standard InChI is InChI=1S/C13H14N2O/c14-8-11-12(9-4-2-1-3-5-9)15-13(16-11)10-6-7-10/h1-5,10H,6-8,14H2. The molecule has 1 aliphatic rings. The molecule has 2 aromatic rings. The Balaban J connectivity index is 2.05. The number of nitrogens with zero attached hydrogens (tertiary/aromatic N) is 1. The number of hydrogen-bond donors (Lipinski definition) is 1. The maximum Gasteiger partial charge on any atom is 0.198 e. The van der Waals surface area contributed by atoms with E-state index in [9.17, 15) is 0 Å². The summed E-state index contributed by atoms with van der Waals surface area (Å²) in [5, 5.41) is 0. The zero-order valence-corrected chi connectivity index (χ0v) is 9.02. The van der Waals surface area contributed by atoms with Crippen molar-refractivity contribution in [3.05, 3.63) is 42.0 Å². The summed E-state index contributed by atoms with van der Waals surface area (Å²) in [5.74, 6) is 2.19. The fourth-order valence-electron chi connectivity index (χ4n) is 1.83. The first-order chi connectivity index (χ1) is 7.88. The summed E-state index contributed by atoms with van der Waals surface area (Å²) < 4.78 is 5.71. The van der Waals surface area contributed by atoms with Gasteiger partial charge in [0.1, 0.15) is 11.5 Å². The summed E-state index contributed by atoms with van der Waals surface area (Å²) in [6, 6.07) is 10.1. The van der Waals surface area contributed by atoms with Crippen LogP contribution in [-0.2, 0) is 6.54 Å². The molecule has 0 amide bonds. The van der Waals surface area contributed by atoms with E-state index in [2.05, 4.69) is 4.98 Å². The summed E-state index contributed by atoms with van der Waals surface area (Å²) in [5.41, 5.74) is 7.68. The number of hydrogen-bond acceptors (Lipinski definition) is 3. The fraction of sp³-hybridized carbons (Fsp3) is 0.308. The largest absolute Gasteiger partial charge is 0.443 e. The molecule has 1 aliphatic carbocycles. The van der Waals surface area contributed by atoms with Crippen molar-refractivity contribution in [2.75, 3.05) is 0 Å². The highest BCUT2D eigenvalue weighted by atomic mass is 16.4. The highest BCUT2D eigenvalue weighted by molar-refractivity contribution is 5.61. The number of rotatable bonds is 3. The number of nitrogens with two attached hydrogens (primary N) is 1. The topological polar surface area (TPSA) is 52.0 Å². The van der Waals surface area contributed by atoms with E-state index in [4.69, 9.17) is 10.2 Å². The normalized spacial score (nSPS) is 15.3. The van der Waals surface area contributed by atoms with Crippen molar-refractivity contribution in [2.24, 2.45) is 5.73 Å². The molecular formula is C13H14N2O. The van der Waals surface area contributed by atoms with Gasteiger partial charge >= 0.3 is 0 Å². The molecule has 16 heavy (non-hydrogen) atoms. The Morgan fingerprint density at radius 1 is 1.25 bits per heavy atom. The Morgan fingerprint density at radius 2 is 2.00 bits per heavy atom. The van der Waals surface area contributed by atoms with E-state index in [1.165, 1.54) is 12.8 Å². The Labute approximate surface area is 94.3 Å². The van der Waals surface area contributed by atoms with Crippen LogP contribution in [0.5, 0.6) is 0 Å². The van der Waals surface area contributed by atoms with Crippen LogP contribution in [0.15, 0.2) is 34.7 Å². The van der Waals surface area contributed by atoms with E-state index in [0.29, 0.717) is 12.5 Å². The average molecular weight is 214 g/mol. The van der Waals surface area contributed by atoms with Gasteiger partial charge < -0.3 is 10.2 Å². The molecular weight excluding hydrogens is 200 g/mol. The van der Waals surface area contributed by atoms with Gasteiger partial charge in [-0.3, -0.25) is 0 Å². The van der Waals surface area contributed by atoms with Crippen LogP contribution in [0.2, 0.25) is 0 Å². The molecule has 0 unspecified atom stereocenters. The van der Waals surface area contributed by atoms with Crippen molar-refractivity contribution < 1.29 is 4.42 Å². The zero-order chi connectivity index (χ0) is 11.0. The predicted molar refractivity (Wildman–Crippen MR) is 61.8 cm³/mol. The lowest BCUT2D eigenvalue weighted by atomic mass is 10.1. The third-order valence-corrected chi connectivity index (χ3v) is 2.87. The maximum absolute atomic E-state index is 5.71. The highest BCUT2D eigenvalue weighted by Gasteiger charge is 2.30. The van der Waals surface area contributed by atoms with Crippen molar-refractivity contribution in [3.8, 4) is 11.3 Å². The summed E-state index contributed by atoms with van der Waals surface area (Å²) in [6.07, 6.45) is 2.39. The van der Waals surface area contributed by atoms with Gasteiger partial charge in [-0.05, 0) is 12.8 Å². The first-order valence-electron chi connectivity index (χ1n) is 5.63. The van der Waals surface area contributed by atoms with Crippen LogP contribution in [0.3, 0.4) is 0 Å². The third-order valence-electron chi connectivity index (χ3n) is 2.87. The van der Waals surface area contributed by atoms with Crippen LogP contribution in [0.25, 0.3) is 11.3 Å². The molecule has 2 N–H and O–H groups in total. The molecule has 3 heteroatoms. The molecule has 82 valence electrons. The monoisotopic (exact) mass is 214 g/mol. The van der Waals surface area contributed by atoms with Gasteiger partial charge in [0.25, 0.3) is 0 Å². The lowest BCUT2D eigenvalue weighted by Gasteiger charge is -1.97. The fourth-order valence-corrected chi connectivity index (χ4v) is 1.83. The van der Waals surface area contributed by atoms with E-state index in [-0.39, 0.29) is 0 Å². The molecule has 0 atom stereocenters. The van der Waals surface area contributed by atoms with Crippen LogP contribution in [0, 0.1) is 0 Å². The van der Waals surface area contributed by atoms with Crippen LogP contribution >= 0.6 is 0 Å². The second kappa shape index (κ2) is 3.76. The summed E-state index contributed by atoms with van der Waals surface area (Å²) >= 11 is 0. The Bertz CT molecular complexity index is 486. The molecule has 1 aromatic heterocycles. The van der Waals surface area contributed by atoms with E-state index >= 15 is 0 Å². The second-order valence-corrected chi connectivity index (χ2v) is 4.17. The molecule has 0 radical (unpaired) electrons. The number of aromatic nitrogens is 1. The summed E-state index contributed by atoms with van der Waals surface area (Å²) in [6.45, 7) is 0.407. The van der Waals surface area contributed by atoms with Gasteiger partial charge in [0.05, 0.1) is 6.54 Å². The van der Waals surface area contributed by atoms with E-state index < -0.39 is 0 Å². The Morgan fingerprint density at radius 3 is 2.62 bits per heavy atom. The maximum atomic E-state index is 5.71. The summed E-state index contributed by atoms with van der Waals surface area (Å²) in [7, 11) is 0. The van der Waals surface area contributed by atoms with Crippen LogP contribution in [0.1, 0.15) is 30.4 Å². The lowest BCUT2D eigenvalue weighted by Crippen LogP contribution is -1.96. The molecule has 1 saturated carbocycles. The smallest absolute Gasteiger partial charge is 0.198 e. The van der Waals surface area contributed by atoms with Crippen molar-refractivity contribution in [1.29, 1.82) is 0 Å². The van der Waals surface area contributed by atoms with Gasteiger partial charge in [-0.1, -0.05) is 30.3 Å². The van der Waals surface area contributed by atoms with Crippen molar-refractivity contribution in [2.45, 2.75) is 25.3 Å². The van der Waals surface area contributed by atoms with E-state index in [1.54, 1.807) is 0 Å². The first kappa shape index (κ1) is 9.60. The molecule has 0 bridgehead atoms. The highest BCUT2D eigenvalue weighted by Crippen LogP contribution is 2.41. The number of oxazole rings is 1. The molecule has 3 rings (SSSR count). The van der Waals surface area contributed by atoms with Crippen LogP contribution < -0.4 is 5.73 Å². The summed E-state index contributed by atoms with van der Waals surface area (Å²) in [4.78, 5) is 4.57. The van der Waals surface area contributed by atoms with Gasteiger partial charge in [-0.15, -0.1) is 0 Å². The van der Waals surface area contributed by atoms with Crippen molar-refractivity contribution in [3.63, 3.8) is 0 Å². The molecule has 0 spiro atoms.